The number of carbonyl (C=O) groups excluding carboxylic acids is 3. The number of ether oxygens (including phenoxy) is 2. The zero-order valence-corrected chi connectivity index (χ0v) is 19.0. The van der Waals surface area contributed by atoms with Crippen molar-refractivity contribution in [3.8, 4) is 5.75 Å². The van der Waals surface area contributed by atoms with Gasteiger partial charge in [-0.25, -0.2) is 5.43 Å². The van der Waals surface area contributed by atoms with Crippen LogP contribution in [0, 0.1) is 0 Å². The molecule has 4 rings (SSSR count). The van der Waals surface area contributed by atoms with E-state index in [2.05, 4.69) is 21.2 Å². The monoisotopic (exact) mass is 474 g/mol. The number of carbonyl (C=O) groups is 3. The second-order valence-corrected chi connectivity index (χ2v) is 7.98. The highest BCUT2D eigenvalue weighted by atomic mass is 16.5. The molecule has 3 N–H and O–H groups in total. The molecule has 3 amide bonds. The van der Waals surface area contributed by atoms with E-state index in [1.807, 2.05) is 30.3 Å². The maximum absolute atomic E-state index is 12.2. The summed E-state index contributed by atoms with van der Waals surface area (Å²) in [6.07, 6.45) is 3.47. The Morgan fingerprint density at radius 1 is 1.00 bits per heavy atom. The first-order chi connectivity index (χ1) is 17.1. The Hall–Kier alpha value is -4.24. The molecule has 0 saturated carbocycles. The van der Waals surface area contributed by atoms with Gasteiger partial charge in [0.15, 0.2) is 6.61 Å². The minimum atomic E-state index is -0.886. The van der Waals surface area contributed by atoms with Crippen molar-refractivity contribution < 1.29 is 23.9 Å². The Kier molecular flexibility index (Phi) is 8.03. The molecule has 0 aliphatic carbocycles. The van der Waals surface area contributed by atoms with Crippen LogP contribution in [0.25, 0.3) is 10.8 Å². The van der Waals surface area contributed by atoms with Gasteiger partial charge < -0.3 is 20.1 Å². The molecule has 180 valence electrons. The number of hydrogen-bond acceptors (Lipinski definition) is 6. The largest absolute Gasteiger partial charge is 0.484 e. The van der Waals surface area contributed by atoms with Crippen molar-refractivity contribution in [1.29, 1.82) is 0 Å². The molecule has 1 heterocycles. The Bertz CT molecular complexity index is 1210. The Morgan fingerprint density at radius 3 is 2.60 bits per heavy atom. The molecule has 0 spiro atoms. The fraction of sp³-hybridized carbons (Fsp3) is 0.231. The van der Waals surface area contributed by atoms with Crippen LogP contribution in [0.15, 0.2) is 71.8 Å². The van der Waals surface area contributed by atoms with E-state index < -0.39 is 11.8 Å². The smallest absolute Gasteiger partial charge is 0.329 e. The number of hydrazone groups is 1. The topological polar surface area (TPSA) is 118 Å². The van der Waals surface area contributed by atoms with E-state index in [-0.39, 0.29) is 18.6 Å². The molecule has 1 aliphatic heterocycles. The van der Waals surface area contributed by atoms with E-state index in [9.17, 15) is 14.4 Å². The van der Waals surface area contributed by atoms with Gasteiger partial charge in [-0.1, -0.05) is 36.4 Å². The normalized spacial score (nSPS) is 15.1. The number of benzene rings is 3. The van der Waals surface area contributed by atoms with Gasteiger partial charge in [0.25, 0.3) is 5.91 Å². The van der Waals surface area contributed by atoms with Crippen molar-refractivity contribution in [2.24, 2.45) is 5.10 Å². The average Bonchev–Trinajstić information content (AvgIpc) is 3.41. The van der Waals surface area contributed by atoms with Crippen LogP contribution >= 0.6 is 0 Å². The summed E-state index contributed by atoms with van der Waals surface area (Å²) in [7, 11) is 0. The van der Waals surface area contributed by atoms with Gasteiger partial charge in [-0.15, -0.1) is 0 Å². The molecule has 1 aliphatic rings. The summed E-state index contributed by atoms with van der Waals surface area (Å²) in [5.41, 5.74) is 3.44. The predicted octanol–water partition coefficient (Wildman–Crippen LogP) is 2.60. The number of anilines is 1. The fourth-order valence-electron chi connectivity index (χ4n) is 3.61. The highest BCUT2D eigenvalue weighted by molar-refractivity contribution is 6.40. The molecule has 3 aromatic carbocycles. The number of amides is 3. The summed E-state index contributed by atoms with van der Waals surface area (Å²) in [4.78, 5) is 36.2. The molecule has 35 heavy (non-hydrogen) atoms. The van der Waals surface area contributed by atoms with Gasteiger partial charge >= 0.3 is 11.8 Å². The standard InChI is InChI=1S/C26H26N4O5/c31-24(27-16-21-7-4-14-34-21)17-35-20-12-10-18(11-13-20)15-28-30-26(33)25(32)29-23-9-3-6-19-5-1-2-8-22(19)23/h1-3,5-6,8-13,15,21H,4,7,14,16-17H2,(H,27,31)(H,29,32)(H,30,33)/b28-15-/t21-/m1/s1. The molecule has 0 bridgehead atoms. The summed E-state index contributed by atoms with van der Waals surface area (Å²) in [6.45, 7) is 1.14. The van der Waals surface area contributed by atoms with Crippen molar-refractivity contribution in [1.82, 2.24) is 10.7 Å². The van der Waals surface area contributed by atoms with E-state index >= 15 is 0 Å². The zero-order chi connectivity index (χ0) is 24.5. The minimum Gasteiger partial charge on any atom is -0.484 e. The molecule has 0 aromatic heterocycles. The second kappa shape index (κ2) is 11.8. The molecular formula is C26H26N4O5. The van der Waals surface area contributed by atoms with Gasteiger partial charge in [0.05, 0.1) is 12.3 Å². The molecule has 1 atom stereocenters. The Labute approximate surface area is 202 Å². The first-order valence-corrected chi connectivity index (χ1v) is 11.3. The van der Waals surface area contributed by atoms with Gasteiger partial charge in [-0.05, 0) is 54.1 Å². The molecule has 0 unspecified atom stereocenters. The van der Waals surface area contributed by atoms with Crippen molar-refractivity contribution in [2.75, 3.05) is 25.1 Å². The first kappa shape index (κ1) is 23.9. The highest BCUT2D eigenvalue weighted by Gasteiger charge is 2.16. The van der Waals surface area contributed by atoms with E-state index in [4.69, 9.17) is 9.47 Å². The summed E-state index contributed by atoms with van der Waals surface area (Å²) in [5, 5.41) is 11.0. The SMILES string of the molecule is O=C(COc1ccc(/C=N\NC(=O)C(=O)Nc2cccc3ccccc23)cc1)NC[C@H]1CCCO1. The third kappa shape index (κ3) is 6.87. The van der Waals surface area contributed by atoms with Crippen LogP contribution in [0.5, 0.6) is 5.75 Å². The lowest BCUT2D eigenvalue weighted by Gasteiger charge is -2.11. The molecular weight excluding hydrogens is 448 g/mol. The number of fused-ring (bicyclic) bond motifs is 1. The lowest BCUT2D eigenvalue weighted by molar-refractivity contribution is -0.136. The van der Waals surface area contributed by atoms with Crippen molar-refractivity contribution >= 4 is 40.4 Å². The van der Waals surface area contributed by atoms with Gasteiger partial charge in [-0.3, -0.25) is 14.4 Å². The van der Waals surface area contributed by atoms with E-state index in [1.165, 1.54) is 6.21 Å². The quantitative estimate of drug-likeness (QED) is 0.264. The van der Waals surface area contributed by atoms with Crippen LogP contribution in [0.2, 0.25) is 0 Å². The second-order valence-electron chi connectivity index (χ2n) is 7.98. The first-order valence-electron chi connectivity index (χ1n) is 11.3. The van der Waals surface area contributed by atoms with Gasteiger partial charge in [-0.2, -0.15) is 5.10 Å². The number of hydrogen-bond donors (Lipinski definition) is 3. The molecule has 1 saturated heterocycles. The van der Waals surface area contributed by atoms with Gasteiger partial charge in [0, 0.05) is 24.2 Å². The third-order valence-corrected chi connectivity index (χ3v) is 5.42. The van der Waals surface area contributed by atoms with Gasteiger partial charge in [0.2, 0.25) is 0 Å². The summed E-state index contributed by atoms with van der Waals surface area (Å²) in [5.74, 6) is -1.40. The van der Waals surface area contributed by atoms with Crippen molar-refractivity contribution in [2.45, 2.75) is 18.9 Å². The number of nitrogens with one attached hydrogen (secondary N) is 3. The van der Waals surface area contributed by atoms with Crippen LogP contribution in [0.1, 0.15) is 18.4 Å². The summed E-state index contributed by atoms with van der Waals surface area (Å²) >= 11 is 0. The lowest BCUT2D eigenvalue weighted by atomic mass is 10.1. The number of rotatable bonds is 8. The van der Waals surface area contributed by atoms with Crippen LogP contribution in [0.4, 0.5) is 5.69 Å². The lowest BCUT2D eigenvalue weighted by Crippen LogP contribution is -2.35. The molecule has 3 aromatic rings. The van der Waals surface area contributed by atoms with E-state index in [0.29, 0.717) is 23.5 Å². The highest BCUT2D eigenvalue weighted by Crippen LogP contribution is 2.22. The summed E-state index contributed by atoms with van der Waals surface area (Å²) in [6, 6.07) is 19.8. The molecule has 1 fully saturated rings. The number of nitrogens with zero attached hydrogens (tertiary/aromatic N) is 1. The van der Waals surface area contributed by atoms with Crippen LogP contribution in [-0.2, 0) is 19.1 Å². The maximum atomic E-state index is 12.2. The van der Waals surface area contributed by atoms with Crippen LogP contribution in [0.3, 0.4) is 0 Å². The van der Waals surface area contributed by atoms with E-state index in [0.717, 1.165) is 30.2 Å². The Balaban J connectivity index is 1.21. The Morgan fingerprint density at radius 2 is 1.80 bits per heavy atom. The fourth-order valence-corrected chi connectivity index (χ4v) is 3.61. The molecule has 9 heteroatoms. The zero-order valence-electron chi connectivity index (χ0n) is 19.0. The predicted molar refractivity (Wildman–Crippen MR) is 132 cm³/mol. The average molecular weight is 475 g/mol. The minimum absolute atomic E-state index is 0.0855. The van der Waals surface area contributed by atoms with E-state index in [1.54, 1.807) is 36.4 Å². The molecule has 0 radical (unpaired) electrons. The third-order valence-electron chi connectivity index (χ3n) is 5.42. The van der Waals surface area contributed by atoms with Crippen LogP contribution in [-0.4, -0.2) is 49.8 Å². The van der Waals surface area contributed by atoms with Crippen LogP contribution < -0.4 is 20.8 Å². The van der Waals surface area contributed by atoms with Crippen molar-refractivity contribution in [3.05, 3.63) is 72.3 Å². The summed E-state index contributed by atoms with van der Waals surface area (Å²) < 4.78 is 10.9. The molecule has 9 nitrogen and oxygen atoms in total. The van der Waals surface area contributed by atoms with Crippen molar-refractivity contribution in [3.63, 3.8) is 0 Å². The van der Waals surface area contributed by atoms with Gasteiger partial charge in [0.1, 0.15) is 5.75 Å². The maximum Gasteiger partial charge on any atom is 0.329 e.